The number of likely N-dealkylation sites (N-methyl/N-ethyl adjacent to an activating group) is 2. The molecule has 0 aromatic heterocycles. The number of benzene rings is 1. The average molecular weight is 234 g/mol. The van der Waals surface area contributed by atoms with Crippen LogP contribution in [0.25, 0.3) is 0 Å². The van der Waals surface area contributed by atoms with Crippen LogP contribution in [0.1, 0.15) is 27.2 Å². The van der Waals surface area contributed by atoms with Gasteiger partial charge in [-0.1, -0.05) is 32.0 Å². The molecular formula is C15H26N2. The maximum Gasteiger partial charge on any atom is 0.0366 e. The third kappa shape index (κ3) is 4.78. The summed E-state index contributed by atoms with van der Waals surface area (Å²) >= 11 is 0. The topological polar surface area (TPSA) is 6.48 Å². The van der Waals surface area contributed by atoms with Gasteiger partial charge in [-0.05, 0) is 38.6 Å². The smallest absolute Gasteiger partial charge is 0.0366 e. The van der Waals surface area contributed by atoms with Crippen LogP contribution in [0.15, 0.2) is 30.3 Å². The molecule has 0 spiro atoms. The zero-order chi connectivity index (χ0) is 12.5. The van der Waals surface area contributed by atoms with Crippen molar-refractivity contribution in [2.24, 2.45) is 0 Å². The molecule has 0 radical (unpaired) electrons. The Bertz CT molecular complexity index is 284. The maximum absolute atomic E-state index is 2.52. The molecule has 0 N–H and O–H groups in total. The number of para-hydroxylation sites is 1. The van der Waals surface area contributed by atoms with E-state index in [0.717, 1.165) is 26.2 Å². The molecule has 2 nitrogen and oxygen atoms in total. The number of anilines is 1. The zero-order valence-corrected chi connectivity index (χ0v) is 11.5. The van der Waals surface area contributed by atoms with Gasteiger partial charge in [-0.15, -0.1) is 0 Å². The van der Waals surface area contributed by atoms with Gasteiger partial charge in [-0.2, -0.15) is 0 Å². The van der Waals surface area contributed by atoms with E-state index in [-0.39, 0.29) is 0 Å². The summed E-state index contributed by atoms with van der Waals surface area (Å²) < 4.78 is 0. The van der Waals surface area contributed by atoms with Gasteiger partial charge in [0.15, 0.2) is 0 Å². The summed E-state index contributed by atoms with van der Waals surface area (Å²) in [6, 6.07) is 10.7. The van der Waals surface area contributed by atoms with Crippen molar-refractivity contribution in [3.63, 3.8) is 0 Å². The molecule has 0 aliphatic rings. The number of rotatable bonds is 8. The highest BCUT2D eigenvalue weighted by atomic mass is 15.2. The van der Waals surface area contributed by atoms with Crippen LogP contribution in [0, 0.1) is 0 Å². The lowest BCUT2D eigenvalue weighted by Crippen LogP contribution is -2.35. The second-order valence-corrected chi connectivity index (χ2v) is 4.35. The van der Waals surface area contributed by atoms with Crippen LogP contribution in [0.2, 0.25) is 0 Å². The first-order chi connectivity index (χ1) is 8.31. The van der Waals surface area contributed by atoms with E-state index >= 15 is 0 Å². The molecule has 1 aromatic rings. The fourth-order valence-corrected chi connectivity index (χ4v) is 2.11. The Morgan fingerprint density at radius 1 is 0.824 bits per heavy atom. The third-order valence-corrected chi connectivity index (χ3v) is 3.18. The molecule has 0 aliphatic heterocycles. The van der Waals surface area contributed by atoms with Crippen molar-refractivity contribution in [3.8, 4) is 0 Å². The van der Waals surface area contributed by atoms with E-state index in [9.17, 15) is 0 Å². The largest absolute Gasteiger partial charge is 0.371 e. The van der Waals surface area contributed by atoms with Crippen LogP contribution in [0.3, 0.4) is 0 Å². The van der Waals surface area contributed by atoms with Crippen molar-refractivity contribution < 1.29 is 0 Å². The van der Waals surface area contributed by atoms with Crippen LogP contribution >= 0.6 is 0 Å². The predicted molar refractivity (Wildman–Crippen MR) is 76.7 cm³/mol. The minimum absolute atomic E-state index is 1.08. The molecule has 0 saturated heterocycles. The first-order valence-corrected chi connectivity index (χ1v) is 6.84. The first kappa shape index (κ1) is 14.0. The molecule has 0 saturated carbocycles. The Morgan fingerprint density at radius 3 is 2.06 bits per heavy atom. The number of hydrogen-bond acceptors (Lipinski definition) is 2. The number of hydrogen-bond donors (Lipinski definition) is 0. The van der Waals surface area contributed by atoms with Crippen LogP contribution in [0.4, 0.5) is 5.69 Å². The summed E-state index contributed by atoms with van der Waals surface area (Å²) in [5.74, 6) is 0. The SMILES string of the molecule is CCCN(CC)CCN(CC)c1ccccc1. The van der Waals surface area contributed by atoms with E-state index in [1.807, 2.05) is 0 Å². The van der Waals surface area contributed by atoms with E-state index in [2.05, 4.69) is 60.9 Å². The third-order valence-electron chi connectivity index (χ3n) is 3.18. The molecule has 0 fully saturated rings. The Morgan fingerprint density at radius 2 is 1.53 bits per heavy atom. The maximum atomic E-state index is 2.52. The fraction of sp³-hybridized carbons (Fsp3) is 0.600. The van der Waals surface area contributed by atoms with Gasteiger partial charge in [-0.25, -0.2) is 0 Å². The van der Waals surface area contributed by atoms with Crippen LogP contribution in [-0.2, 0) is 0 Å². The molecule has 0 aliphatic carbocycles. The molecule has 0 heterocycles. The van der Waals surface area contributed by atoms with Gasteiger partial charge < -0.3 is 9.80 Å². The quantitative estimate of drug-likeness (QED) is 0.681. The van der Waals surface area contributed by atoms with Crippen LogP contribution in [-0.4, -0.2) is 37.6 Å². The molecule has 1 rings (SSSR count). The molecule has 2 heteroatoms. The van der Waals surface area contributed by atoms with E-state index in [4.69, 9.17) is 0 Å². The lowest BCUT2D eigenvalue weighted by molar-refractivity contribution is 0.294. The molecule has 0 atom stereocenters. The molecule has 17 heavy (non-hydrogen) atoms. The van der Waals surface area contributed by atoms with Crippen LogP contribution in [0.5, 0.6) is 0 Å². The fourth-order valence-electron chi connectivity index (χ4n) is 2.11. The van der Waals surface area contributed by atoms with E-state index in [0.29, 0.717) is 0 Å². The summed E-state index contributed by atoms with van der Waals surface area (Å²) in [6.45, 7) is 12.4. The van der Waals surface area contributed by atoms with Gasteiger partial charge in [0, 0.05) is 25.3 Å². The second-order valence-electron chi connectivity index (χ2n) is 4.35. The normalized spacial score (nSPS) is 10.8. The monoisotopic (exact) mass is 234 g/mol. The summed E-state index contributed by atoms with van der Waals surface area (Å²) in [4.78, 5) is 4.96. The molecular weight excluding hydrogens is 208 g/mol. The summed E-state index contributed by atoms with van der Waals surface area (Å²) in [5.41, 5.74) is 1.34. The Labute approximate surface area is 106 Å². The minimum Gasteiger partial charge on any atom is -0.371 e. The molecule has 0 amide bonds. The second kappa shape index (κ2) is 8.13. The van der Waals surface area contributed by atoms with Gasteiger partial charge in [0.2, 0.25) is 0 Å². The van der Waals surface area contributed by atoms with Gasteiger partial charge in [0.05, 0.1) is 0 Å². The Hall–Kier alpha value is -1.02. The lowest BCUT2D eigenvalue weighted by atomic mass is 10.3. The molecule has 1 aromatic carbocycles. The predicted octanol–water partition coefficient (Wildman–Crippen LogP) is 3.24. The highest BCUT2D eigenvalue weighted by molar-refractivity contribution is 5.45. The highest BCUT2D eigenvalue weighted by Gasteiger charge is 2.06. The van der Waals surface area contributed by atoms with Crippen molar-refractivity contribution in [1.29, 1.82) is 0 Å². The Balaban J connectivity index is 2.47. The summed E-state index contributed by atoms with van der Waals surface area (Å²) in [7, 11) is 0. The number of nitrogens with zero attached hydrogens (tertiary/aromatic N) is 2. The molecule has 0 bridgehead atoms. The van der Waals surface area contributed by atoms with Gasteiger partial charge >= 0.3 is 0 Å². The molecule has 96 valence electrons. The standard InChI is InChI=1S/C15H26N2/c1-4-12-16(5-2)13-14-17(6-3)15-10-8-7-9-11-15/h7-11H,4-6,12-14H2,1-3H3. The zero-order valence-electron chi connectivity index (χ0n) is 11.5. The van der Waals surface area contributed by atoms with E-state index in [1.165, 1.54) is 18.7 Å². The minimum atomic E-state index is 1.08. The summed E-state index contributed by atoms with van der Waals surface area (Å²) in [6.07, 6.45) is 1.24. The highest BCUT2D eigenvalue weighted by Crippen LogP contribution is 2.12. The van der Waals surface area contributed by atoms with Gasteiger partial charge in [-0.3, -0.25) is 0 Å². The van der Waals surface area contributed by atoms with Crippen molar-refractivity contribution in [2.45, 2.75) is 27.2 Å². The summed E-state index contributed by atoms with van der Waals surface area (Å²) in [5, 5.41) is 0. The first-order valence-electron chi connectivity index (χ1n) is 6.84. The van der Waals surface area contributed by atoms with Crippen molar-refractivity contribution in [1.82, 2.24) is 4.90 Å². The van der Waals surface area contributed by atoms with Crippen molar-refractivity contribution >= 4 is 5.69 Å². The Kier molecular flexibility index (Phi) is 6.71. The van der Waals surface area contributed by atoms with E-state index < -0.39 is 0 Å². The van der Waals surface area contributed by atoms with Crippen LogP contribution < -0.4 is 4.90 Å². The molecule has 0 unspecified atom stereocenters. The van der Waals surface area contributed by atoms with Gasteiger partial charge in [0.1, 0.15) is 0 Å². The van der Waals surface area contributed by atoms with Gasteiger partial charge in [0.25, 0.3) is 0 Å². The average Bonchev–Trinajstić information content (AvgIpc) is 2.39. The van der Waals surface area contributed by atoms with E-state index in [1.54, 1.807) is 0 Å². The lowest BCUT2D eigenvalue weighted by Gasteiger charge is -2.27. The van der Waals surface area contributed by atoms with Crippen molar-refractivity contribution in [3.05, 3.63) is 30.3 Å². The van der Waals surface area contributed by atoms with Crippen molar-refractivity contribution in [2.75, 3.05) is 37.6 Å².